The highest BCUT2D eigenvalue weighted by Gasteiger charge is 2.23. The highest BCUT2D eigenvalue weighted by Crippen LogP contribution is 2.23. The van der Waals surface area contributed by atoms with Gasteiger partial charge in [-0.05, 0) is 29.8 Å². The monoisotopic (exact) mass is 429 g/mol. The van der Waals surface area contributed by atoms with Crippen LogP contribution in [-0.4, -0.2) is 66.7 Å². The van der Waals surface area contributed by atoms with Gasteiger partial charge in [0.25, 0.3) is 0 Å². The van der Waals surface area contributed by atoms with E-state index in [1.807, 2.05) is 24.5 Å². The second kappa shape index (κ2) is 9.12. The number of hydrogen-bond donors (Lipinski definition) is 0. The van der Waals surface area contributed by atoms with Crippen molar-refractivity contribution in [2.75, 3.05) is 61.5 Å². The number of piperazine rings is 1. The zero-order valence-electron chi connectivity index (χ0n) is 19.0. The topological polar surface area (TPSA) is 51.6 Å². The molecule has 1 saturated heterocycles. The maximum Gasteiger partial charge on any atom is 0.225 e. The standard InChI is InChI=1S/C25H31N7/c1-29(2)22-8-6-20(7-9-22)18-30-12-10-23-21(19-30)17-27-25(28-23)32-15-13-31(14-16-32)24-5-3-4-11-26-24/h3-9,11,17H,10,12-16,18-19H2,1-2H3. The molecule has 0 atom stereocenters. The number of aromatic nitrogens is 3. The average Bonchev–Trinajstić information content (AvgIpc) is 2.85. The molecule has 0 aliphatic carbocycles. The van der Waals surface area contributed by atoms with Crippen molar-refractivity contribution in [3.63, 3.8) is 0 Å². The smallest absolute Gasteiger partial charge is 0.225 e. The maximum atomic E-state index is 4.96. The third-order valence-electron chi connectivity index (χ3n) is 6.39. The summed E-state index contributed by atoms with van der Waals surface area (Å²) in [4.78, 5) is 23.4. The quantitative estimate of drug-likeness (QED) is 0.618. The molecule has 0 amide bonds. The number of pyridine rings is 1. The van der Waals surface area contributed by atoms with E-state index in [9.17, 15) is 0 Å². The van der Waals surface area contributed by atoms with Crippen molar-refractivity contribution in [3.8, 4) is 0 Å². The molecule has 0 radical (unpaired) electrons. The zero-order chi connectivity index (χ0) is 21.9. The van der Waals surface area contributed by atoms with Crippen LogP contribution in [0, 0.1) is 0 Å². The number of rotatable bonds is 5. The second-order valence-electron chi connectivity index (χ2n) is 8.83. The van der Waals surface area contributed by atoms with Crippen LogP contribution in [0.3, 0.4) is 0 Å². The van der Waals surface area contributed by atoms with Crippen molar-refractivity contribution >= 4 is 17.5 Å². The largest absolute Gasteiger partial charge is 0.378 e. The van der Waals surface area contributed by atoms with Gasteiger partial charge in [-0.2, -0.15) is 0 Å². The van der Waals surface area contributed by atoms with Gasteiger partial charge in [0.2, 0.25) is 5.95 Å². The molecule has 3 aromatic rings. The molecular weight excluding hydrogens is 398 g/mol. The summed E-state index contributed by atoms with van der Waals surface area (Å²) in [6.07, 6.45) is 4.88. The fourth-order valence-electron chi connectivity index (χ4n) is 4.49. The lowest BCUT2D eigenvalue weighted by Gasteiger charge is -2.36. The van der Waals surface area contributed by atoms with Crippen LogP contribution in [-0.2, 0) is 19.5 Å². The highest BCUT2D eigenvalue weighted by molar-refractivity contribution is 5.46. The van der Waals surface area contributed by atoms with Crippen molar-refractivity contribution in [1.29, 1.82) is 0 Å². The van der Waals surface area contributed by atoms with E-state index in [1.165, 1.54) is 22.5 Å². The van der Waals surface area contributed by atoms with Gasteiger partial charge < -0.3 is 14.7 Å². The molecule has 4 heterocycles. The van der Waals surface area contributed by atoms with Gasteiger partial charge in [-0.3, -0.25) is 4.90 Å². The Hall–Kier alpha value is -3.19. The number of benzene rings is 1. The van der Waals surface area contributed by atoms with Gasteiger partial charge in [0.05, 0.1) is 5.69 Å². The molecule has 7 nitrogen and oxygen atoms in total. The molecule has 1 aromatic carbocycles. The van der Waals surface area contributed by atoms with Gasteiger partial charge in [0.1, 0.15) is 5.82 Å². The van der Waals surface area contributed by atoms with E-state index in [2.05, 4.69) is 69.0 Å². The molecule has 1 fully saturated rings. The molecule has 0 N–H and O–H groups in total. The van der Waals surface area contributed by atoms with Crippen molar-refractivity contribution in [2.24, 2.45) is 0 Å². The van der Waals surface area contributed by atoms with Gasteiger partial charge >= 0.3 is 0 Å². The van der Waals surface area contributed by atoms with Crippen LogP contribution >= 0.6 is 0 Å². The van der Waals surface area contributed by atoms with Crippen molar-refractivity contribution in [3.05, 3.63) is 71.7 Å². The Morgan fingerprint density at radius 3 is 2.38 bits per heavy atom. The highest BCUT2D eigenvalue weighted by atomic mass is 15.3. The van der Waals surface area contributed by atoms with Crippen LogP contribution in [0.4, 0.5) is 17.5 Å². The molecular formula is C25H31N7. The summed E-state index contributed by atoms with van der Waals surface area (Å²) < 4.78 is 0. The first-order chi connectivity index (χ1) is 15.7. The van der Waals surface area contributed by atoms with Crippen molar-refractivity contribution < 1.29 is 0 Å². The van der Waals surface area contributed by atoms with E-state index >= 15 is 0 Å². The lowest BCUT2D eigenvalue weighted by Crippen LogP contribution is -2.47. The van der Waals surface area contributed by atoms with Gasteiger partial charge in [-0.1, -0.05) is 18.2 Å². The molecule has 166 valence electrons. The third-order valence-corrected chi connectivity index (χ3v) is 6.39. The van der Waals surface area contributed by atoms with E-state index in [0.717, 1.165) is 64.0 Å². The number of hydrogen-bond acceptors (Lipinski definition) is 7. The van der Waals surface area contributed by atoms with E-state index in [4.69, 9.17) is 9.97 Å². The van der Waals surface area contributed by atoms with Gasteiger partial charge in [-0.25, -0.2) is 15.0 Å². The molecule has 0 bridgehead atoms. The summed E-state index contributed by atoms with van der Waals surface area (Å²) in [5, 5.41) is 0. The first-order valence-electron chi connectivity index (χ1n) is 11.4. The number of anilines is 3. The van der Waals surface area contributed by atoms with Crippen LogP contribution < -0.4 is 14.7 Å². The van der Waals surface area contributed by atoms with Crippen LogP contribution in [0.15, 0.2) is 54.9 Å². The second-order valence-corrected chi connectivity index (χ2v) is 8.83. The Morgan fingerprint density at radius 1 is 0.875 bits per heavy atom. The summed E-state index contributed by atoms with van der Waals surface area (Å²) in [7, 11) is 4.15. The summed E-state index contributed by atoms with van der Waals surface area (Å²) in [6, 6.07) is 14.9. The predicted octanol–water partition coefficient (Wildman–Crippen LogP) is 2.82. The Morgan fingerprint density at radius 2 is 1.66 bits per heavy atom. The van der Waals surface area contributed by atoms with Crippen molar-refractivity contribution in [2.45, 2.75) is 19.5 Å². The minimum absolute atomic E-state index is 0.872. The normalized spacial score (nSPS) is 16.7. The lowest BCUT2D eigenvalue weighted by molar-refractivity contribution is 0.243. The van der Waals surface area contributed by atoms with Crippen LogP contribution in [0.25, 0.3) is 0 Å². The summed E-state index contributed by atoms with van der Waals surface area (Å²) in [5.74, 6) is 1.92. The van der Waals surface area contributed by atoms with E-state index in [0.29, 0.717) is 0 Å². The molecule has 0 spiro atoms. The first kappa shape index (κ1) is 20.7. The summed E-state index contributed by atoms with van der Waals surface area (Å²) >= 11 is 0. The average molecular weight is 430 g/mol. The van der Waals surface area contributed by atoms with E-state index in [1.54, 1.807) is 0 Å². The maximum absolute atomic E-state index is 4.96. The van der Waals surface area contributed by atoms with E-state index in [-0.39, 0.29) is 0 Å². The van der Waals surface area contributed by atoms with Gasteiger partial charge in [0, 0.05) is 90.0 Å². The van der Waals surface area contributed by atoms with Gasteiger partial charge in [0.15, 0.2) is 0 Å². The van der Waals surface area contributed by atoms with Gasteiger partial charge in [-0.15, -0.1) is 0 Å². The first-order valence-corrected chi connectivity index (χ1v) is 11.4. The Labute approximate surface area is 190 Å². The third kappa shape index (κ3) is 4.53. The lowest BCUT2D eigenvalue weighted by atomic mass is 10.1. The van der Waals surface area contributed by atoms with Crippen LogP contribution in [0.5, 0.6) is 0 Å². The molecule has 0 unspecified atom stereocenters. The molecule has 32 heavy (non-hydrogen) atoms. The van der Waals surface area contributed by atoms with Crippen LogP contribution in [0.2, 0.25) is 0 Å². The minimum Gasteiger partial charge on any atom is -0.378 e. The van der Waals surface area contributed by atoms with Crippen molar-refractivity contribution in [1.82, 2.24) is 19.9 Å². The molecule has 2 aliphatic heterocycles. The number of nitrogens with zero attached hydrogens (tertiary/aromatic N) is 7. The minimum atomic E-state index is 0.872. The molecule has 2 aromatic heterocycles. The molecule has 7 heteroatoms. The zero-order valence-corrected chi connectivity index (χ0v) is 19.0. The molecule has 0 saturated carbocycles. The Kier molecular flexibility index (Phi) is 5.90. The fourth-order valence-corrected chi connectivity index (χ4v) is 4.49. The summed E-state index contributed by atoms with van der Waals surface area (Å²) in [5.41, 5.74) is 5.06. The number of fused-ring (bicyclic) bond motifs is 1. The van der Waals surface area contributed by atoms with Crippen LogP contribution in [0.1, 0.15) is 16.8 Å². The predicted molar refractivity (Wildman–Crippen MR) is 129 cm³/mol. The Balaban J connectivity index is 1.19. The molecule has 5 rings (SSSR count). The fraction of sp³-hybridized carbons (Fsp3) is 0.400. The SMILES string of the molecule is CN(C)c1ccc(CN2CCc3nc(N4CCN(c5ccccn5)CC4)ncc3C2)cc1. The van der Waals surface area contributed by atoms with E-state index < -0.39 is 0 Å². The Bertz CT molecular complexity index is 1030. The molecule has 2 aliphatic rings. The summed E-state index contributed by atoms with van der Waals surface area (Å²) in [6.45, 7) is 6.64.